The van der Waals surface area contributed by atoms with Gasteiger partial charge in [0.05, 0.1) is 24.2 Å². The molecule has 1 aromatic carbocycles. The molecule has 0 aromatic heterocycles. The molecule has 0 bridgehead atoms. The smallest absolute Gasteiger partial charge is 0.255 e. The van der Waals surface area contributed by atoms with Crippen LogP contribution in [0.2, 0.25) is 0 Å². The Kier molecular flexibility index (Phi) is 3.66. The van der Waals surface area contributed by atoms with Crippen molar-refractivity contribution in [3.05, 3.63) is 23.8 Å². The van der Waals surface area contributed by atoms with Gasteiger partial charge in [-0.1, -0.05) is 0 Å². The predicted molar refractivity (Wildman–Crippen MR) is 71.9 cm³/mol. The lowest BCUT2D eigenvalue weighted by Gasteiger charge is -2.13. The molecule has 19 heavy (non-hydrogen) atoms. The van der Waals surface area contributed by atoms with Crippen LogP contribution >= 0.6 is 0 Å². The van der Waals surface area contributed by atoms with E-state index in [0.717, 1.165) is 0 Å². The fourth-order valence-corrected chi connectivity index (χ4v) is 3.74. The number of hydrogen-bond donors (Lipinski definition) is 2. The van der Waals surface area contributed by atoms with Crippen molar-refractivity contribution >= 4 is 21.4 Å². The van der Waals surface area contributed by atoms with Crippen LogP contribution in [-0.4, -0.2) is 39.0 Å². The van der Waals surface area contributed by atoms with E-state index in [2.05, 4.69) is 5.32 Å². The molecule has 1 saturated heterocycles. The molecule has 0 aliphatic carbocycles. The van der Waals surface area contributed by atoms with Crippen molar-refractivity contribution in [1.82, 2.24) is 5.32 Å². The Morgan fingerprint density at radius 3 is 2.79 bits per heavy atom. The zero-order valence-electron chi connectivity index (χ0n) is 10.5. The number of nitrogens with one attached hydrogen (secondary N) is 1. The Morgan fingerprint density at radius 2 is 2.21 bits per heavy atom. The third kappa shape index (κ3) is 3.17. The molecule has 6 nitrogen and oxygen atoms in total. The van der Waals surface area contributed by atoms with Crippen LogP contribution in [0.4, 0.5) is 5.69 Å². The Bertz CT molecular complexity index is 598. The molecule has 1 aromatic rings. The van der Waals surface area contributed by atoms with Gasteiger partial charge in [0.15, 0.2) is 9.84 Å². The molecule has 1 aliphatic rings. The first-order chi connectivity index (χ1) is 8.91. The normalized spacial score (nSPS) is 21.0. The van der Waals surface area contributed by atoms with Crippen molar-refractivity contribution in [3.8, 4) is 5.75 Å². The van der Waals surface area contributed by atoms with E-state index in [4.69, 9.17) is 10.5 Å². The van der Waals surface area contributed by atoms with Gasteiger partial charge in [-0.3, -0.25) is 4.79 Å². The summed E-state index contributed by atoms with van der Waals surface area (Å²) < 4.78 is 27.8. The first-order valence-electron chi connectivity index (χ1n) is 5.86. The number of ether oxygens (including phenoxy) is 1. The highest BCUT2D eigenvalue weighted by Crippen LogP contribution is 2.22. The SMILES string of the molecule is COc1cc(N)ccc1C(=O)NC1CCS(=O)(=O)C1. The van der Waals surface area contributed by atoms with Crippen molar-refractivity contribution in [3.63, 3.8) is 0 Å². The summed E-state index contributed by atoms with van der Waals surface area (Å²) in [6.07, 6.45) is 0.450. The van der Waals surface area contributed by atoms with E-state index in [1.807, 2.05) is 0 Å². The fraction of sp³-hybridized carbons (Fsp3) is 0.417. The van der Waals surface area contributed by atoms with Crippen LogP contribution in [0.3, 0.4) is 0 Å². The third-order valence-electron chi connectivity index (χ3n) is 3.04. The van der Waals surface area contributed by atoms with Crippen molar-refractivity contribution in [2.75, 3.05) is 24.3 Å². The lowest BCUT2D eigenvalue weighted by molar-refractivity contribution is 0.0938. The number of carbonyl (C=O) groups excluding carboxylic acids is 1. The number of nitrogens with two attached hydrogens (primary N) is 1. The highest BCUT2D eigenvalue weighted by atomic mass is 32.2. The van der Waals surface area contributed by atoms with E-state index < -0.39 is 9.84 Å². The van der Waals surface area contributed by atoms with Gasteiger partial charge in [-0.15, -0.1) is 0 Å². The van der Waals surface area contributed by atoms with Gasteiger partial charge < -0.3 is 15.8 Å². The minimum atomic E-state index is -3.01. The highest BCUT2D eigenvalue weighted by molar-refractivity contribution is 7.91. The Balaban J connectivity index is 2.12. The summed E-state index contributed by atoms with van der Waals surface area (Å²) in [5.74, 6) is 0.143. The molecule has 1 amide bonds. The minimum absolute atomic E-state index is 0.00394. The summed E-state index contributed by atoms with van der Waals surface area (Å²) >= 11 is 0. The maximum Gasteiger partial charge on any atom is 0.255 e. The molecular formula is C12H16N2O4S. The number of sulfone groups is 1. The minimum Gasteiger partial charge on any atom is -0.496 e. The second-order valence-electron chi connectivity index (χ2n) is 4.53. The average Bonchev–Trinajstić information content (AvgIpc) is 2.68. The molecular weight excluding hydrogens is 268 g/mol. The van der Waals surface area contributed by atoms with Crippen LogP contribution in [0.5, 0.6) is 5.75 Å². The number of benzene rings is 1. The van der Waals surface area contributed by atoms with E-state index in [1.54, 1.807) is 18.2 Å². The molecule has 1 unspecified atom stereocenters. The molecule has 3 N–H and O–H groups in total. The number of carbonyl (C=O) groups is 1. The summed E-state index contributed by atoms with van der Waals surface area (Å²) in [6, 6.07) is 4.38. The maximum atomic E-state index is 12.1. The monoisotopic (exact) mass is 284 g/mol. The molecule has 0 spiro atoms. The van der Waals surface area contributed by atoms with Gasteiger partial charge in [-0.25, -0.2) is 8.42 Å². The number of methoxy groups -OCH3 is 1. The van der Waals surface area contributed by atoms with E-state index in [-0.39, 0.29) is 23.5 Å². The van der Waals surface area contributed by atoms with Crippen LogP contribution in [0.25, 0.3) is 0 Å². The van der Waals surface area contributed by atoms with Crippen LogP contribution < -0.4 is 15.8 Å². The highest BCUT2D eigenvalue weighted by Gasteiger charge is 2.29. The second kappa shape index (κ2) is 5.08. The second-order valence-corrected chi connectivity index (χ2v) is 6.76. The van der Waals surface area contributed by atoms with Crippen LogP contribution in [0.1, 0.15) is 16.8 Å². The first-order valence-corrected chi connectivity index (χ1v) is 7.68. The third-order valence-corrected chi connectivity index (χ3v) is 4.81. The topological polar surface area (TPSA) is 98.5 Å². The Labute approximate surface area is 111 Å². The number of anilines is 1. The zero-order chi connectivity index (χ0) is 14.0. The van der Waals surface area contributed by atoms with Gasteiger partial charge in [0.2, 0.25) is 0 Å². The quantitative estimate of drug-likeness (QED) is 0.772. The number of hydrogen-bond acceptors (Lipinski definition) is 5. The van der Waals surface area contributed by atoms with Crippen molar-refractivity contribution in [2.45, 2.75) is 12.5 Å². The van der Waals surface area contributed by atoms with Gasteiger partial charge in [0.25, 0.3) is 5.91 Å². The largest absolute Gasteiger partial charge is 0.496 e. The van der Waals surface area contributed by atoms with Crippen molar-refractivity contribution in [1.29, 1.82) is 0 Å². The van der Waals surface area contributed by atoms with Gasteiger partial charge in [0, 0.05) is 17.8 Å². The standard InChI is InChI=1S/C12H16N2O4S/c1-18-11-6-8(13)2-3-10(11)12(15)14-9-4-5-19(16,17)7-9/h2-3,6,9H,4-5,7,13H2,1H3,(H,14,15). The van der Waals surface area contributed by atoms with Gasteiger partial charge in [-0.2, -0.15) is 0 Å². The fourth-order valence-electron chi connectivity index (χ4n) is 2.07. The molecule has 0 radical (unpaired) electrons. The first kappa shape index (κ1) is 13.7. The lowest BCUT2D eigenvalue weighted by atomic mass is 10.1. The average molecular weight is 284 g/mol. The van der Waals surface area contributed by atoms with Crippen molar-refractivity contribution in [2.24, 2.45) is 0 Å². The predicted octanol–water partition coefficient (Wildman–Crippen LogP) is 0.194. The summed E-state index contributed by atoms with van der Waals surface area (Å²) in [5, 5.41) is 2.71. The summed E-state index contributed by atoms with van der Waals surface area (Å²) in [5.41, 5.74) is 6.46. The summed E-state index contributed by atoms with van der Waals surface area (Å²) in [4.78, 5) is 12.1. The summed E-state index contributed by atoms with van der Waals surface area (Å²) in [7, 11) is -1.56. The number of nitrogen functional groups attached to an aromatic ring is 1. The van der Waals surface area contributed by atoms with E-state index in [1.165, 1.54) is 7.11 Å². The van der Waals surface area contributed by atoms with Gasteiger partial charge in [0.1, 0.15) is 5.75 Å². The molecule has 7 heteroatoms. The molecule has 2 rings (SSSR count). The van der Waals surface area contributed by atoms with E-state index in [0.29, 0.717) is 23.4 Å². The molecule has 1 fully saturated rings. The maximum absolute atomic E-state index is 12.1. The molecule has 1 heterocycles. The molecule has 1 atom stereocenters. The van der Waals surface area contributed by atoms with Crippen LogP contribution in [-0.2, 0) is 9.84 Å². The van der Waals surface area contributed by atoms with Crippen LogP contribution in [0.15, 0.2) is 18.2 Å². The molecule has 104 valence electrons. The van der Waals surface area contributed by atoms with Gasteiger partial charge >= 0.3 is 0 Å². The lowest BCUT2D eigenvalue weighted by Crippen LogP contribution is -2.35. The van der Waals surface area contributed by atoms with Crippen LogP contribution in [0, 0.1) is 0 Å². The van der Waals surface area contributed by atoms with Gasteiger partial charge in [-0.05, 0) is 18.6 Å². The van der Waals surface area contributed by atoms with E-state index in [9.17, 15) is 13.2 Å². The molecule has 1 aliphatic heterocycles. The molecule has 0 saturated carbocycles. The summed E-state index contributed by atoms with van der Waals surface area (Å²) in [6.45, 7) is 0. The van der Waals surface area contributed by atoms with E-state index >= 15 is 0 Å². The number of rotatable bonds is 3. The number of amides is 1. The van der Waals surface area contributed by atoms with Crippen molar-refractivity contribution < 1.29 is 17.9 Å². The Morgan fingerprint density at radius 1 is 1.47 bits per heavy atom. The Hall–Kier alpha value is -1.76. The zero-order valence-corrected chi connectivity index (χ0v) is 11.4.